The highest BCUT2D eigenvalue weighted by Gasteiger charge is 2.41. The molecule has 1 aromatic heterocycles. The van der Waals surface area contributed by atoms with E-state index in [1.807, 2.05) is 0 Å². The Balaban J connectivity index is 1.48. The Bertz CT molecular complexity index is 1200. The number of carbonyl (C=O) groups excluding carboxylic acids is 1. The minimum Gasteiger partial charge on any atom is -0.493 e. The molecule has 0 unspecified atom stereocenters. The Kier molecular flexibility index (Phi) is 8.06. The molecule has 2 saturated carbocycles. The highest BCUT2D eigenvalue weighted by Crippen LogP contribution is 2.42. The molecule has 0 spiro atoms. The summed E-state index contributed by atoms with van der Waals surface area (Å²) >= 11 is 0. The van der Waals surface area contributed by atoms with Crippen LogP contribution in [0, 0.1) is 11.6 Å². The number of nitrogens with one attached hydrogen (secondary N) is 1. The molecule has 1 N–H and O–H groups in total. The maximum absolute atomic E-state index is 15.6. The SMILES string of the molecule is CCOc1cc(OC)c(F)c(N2Cc3cnc(NC4CCC(N(C)C)CC4)nc3N(C3CCCC3)C2=O)c1F. The topological polar surface area (TPSA) is 83.1 Å². The zero-order valence-corrected chi connectivity index (χ0v) is 23.2. The van der Waals surface area contributed by atoms with E-state index in [-0.39, 0.29) is 36.7 Å². The lowest BCUT2D eigenvalue weighted by Crippen LogP contribution is -2.52. The van der Waals surface area contributed by atoms with Crippen molar-refractivity contribution in [3.05, 3.63) is 29.5 Å². The molecule has 2 fully saturated rings. The fourth-order valence-electron chi connectivity index (χ4n) is 6.05. The lowest BCUT2D eigenvalue weighted by molar-refractivity contribution is 0.221. The number of amides is 2. The molecule has 39 heavy (non-hydrogen) atoms. The van der Waals surface area contributed by atoms with Crippen molar-refractivity contribution in [2.24, 2.45) is 0 Å². The van der Waals surface area contributed by atoms with Gasteiger partial charge in [-0.05, 0) is 59.5 Å². The number of carbonyl (C=O) groups is 1. The van der Waals surface area contributed by atoms with Gasteiger partial charge in [0.1, 0.15) is 11.5 Å². The van der Waals surface area contributed by atoms with E-state index in [0.29, 0.717) is 23.4 Å². The van der Waals surface area contributed by atoms with Crippen molar-refractivity contribution in [3.8, 4) is 11.5 Å². The first-order valence-corrected chi connectivity index (χ1v) is 13.9. The predicted molar refractivity (Wildman–Crippen MR) is 146 cm³/mol. The summed E-state index contributed by atoms with van der Waals surface area (Å²) in [4.78, 5) is 28.4. The number of urea groups is 1. The molecule has 0 saturated heterocycles. The van der Waals surface area contributed by atoms with Crippen molar-refractivity contribution < 1.29 is 23.0 Å². The van der Waals surface area contributed by atoms with Crippen molar-refractivity contribution in [1.82, 2.24) is 14.9 Å². The summed E-state index contributed by atoms with van der Waals surface area (Å²) in [5.41, 5.74) is 0.138. The van der Waals surface area contributed by atoms with Crippen LogP contribution in [0.5, 0.6) is 11.5 Å². The van der Waals surface area contributed by atoms with Crippen LogP contribution in [0.2, 0.25) is 0 Å². The zero-order valence-electron chi connectivity index (χ0n) is 23.2. The molecule has 2 aromatic rings. The molecule has 2 heterocycles. The third kappa shape index (κ3) is 5.33. The van der Waals surface area contributed by atoms with Gasteiger partial charge in [0.05, 0.1) is 20.3 Å². The molecule has 2 aliphatic carbocycles. The molecule has 1 aromatic carbocycles. The normalized spacial score (nSPS) is 21.9. The first-order chi connectivity index (χ1) is 18.8. The monoisotopic (exact) mass is 544 g/mol. The number of nitrogens with zero attached hydrogens (tertiary/aromatic N) is 5. The molecule has 1 aliphatic heterocycles. The molecular formula is C28H38F2N6O3. The van der Waals surface area contributed by atoms with E-state index in [9.17, 15) is 4.79 Å². The lowest BCUT2D eigenvalue weighted by Gasteiger charge is -2.39. The number of fused-ring (bicyclic) bond motifs is 1. The third-order valence-corrected chi connectivity index (χ3v) is 8.19. The van der Waals surface area contributed by atoms with Crippen molar-refractivity contribution in [1.29, 1.82) is 0 Å². The number of anilines is 3. The summed E-state index contributed by atoms with van der Waals surface area (Å²) in [5.74, 6) is -1.27. The summed E-state index contributed by atoms with van der Waals surface area (Å²) < 4.78 is 41.7. The van der Waals surface area contributed by atoms with Crippen LogP contribution in [-0.2, 0) is 6.54 Å². The summed E-state index contributed by atoms with van der Waals surface area (Å²) in [6, 6.07) is 1.38. The van der Waals surface area contributed by atoms with E-state index in [4.69, 9.17) is 14.5 Å². The van der Waals surface area contributed by atoms with Gasteiger partial charge in [-0.2, -0.15) is 4.98 Å². The van der Waals surface area contributed by atoms with Gasteiger partial charge in [-0.15, -0.1) is 0 Å². The van der Waals surface area contributed by atoms with Gasteiger partial charge in [0.25, 0.3) is 0 Å². The molecule has 2 amide bonds. The van der Waals surface area contributed by atoms with E-state index in [2.05, 4.69) is 29.3 Å². The molecular weight excluding hydrogens is 506 g/mol. The number of aromatic nitrogens is 2. The minimum absolute atomic E-state index is 0.0712. The van der Waals surface area contributed by atoms with Crippen LogP contribution in [-0.4, -0.2) is 66.8 Å². The number of hydrogen-bond donors (Lipinski definition) is 1. The van der Waals surface area contributed by atoms with Gasteiger partial charge < -0.3 is 19.7 Å². The highest BCUT2D eigenvalue weighted by molar-refractivity contribution is 6.06. The van der Waals surface area contributed by atoms with Crippen LogP contribution in [0.4, 0.5) is 31.0 Å². The molecule has 5 rings (SSSR count). The molecule has 212 valence electrons. The molecule has 0 bridgehead atoms. The van der Waals surface area contributed by atoms with Crippen molar-refractivity contribution in [2.75, 3.05) is 42.9 Å². The van der Waals surface area contributed by atoms with Crippen LogP contribution in [0.25, 0.3) is 0 Å². The van der Waals surface area contributed by atoms with E-state index in [1.165, 1.54) is 13.2 Å². The molecule has 9 nitrogen and oxygen atoms in total. The van der Waals surface area contributed by atoms with Crippen LogP contribution < -0.4 is 24.6 Å². The Morgan fingerprint density at radius 1 is 1.08 bits per heavy atom. The fourth-order valence-corrected chi connectivity index (χ4v) is 6.05. The first kappa shape index (κ1) is 27.4. The van der Waals surface area contributed by atoms with Crippen LogP contribution in [0.1, 0.15) is 63.9 Å². The van der Waals surface area contributed by atoms with Gasteiger partial charge >= 0.3 is 6.03 Å². The largest absolute Gasteiger partial charge is 0.493 e. The Morgan fingerprint density at radius 2 is 1.77 bits per heavy atom. The van der Waals surface area contributed by atoms with Crippen LogP contribution >= 0.6 is 0 Å². The average molecular weight is 545 g/mol. The van der Waals surface area contributed by atoms with Crippen molar-refractivity contribution in [3.63, 3.8) is 0 Å². The maximum Gasteiger partial charge on any atom is 0.330 e. The van der Waals surface area contributed by atoms with E-state index < -0.39 is 23.4 Å². The number of halogens is 2. The van der Waals surface area contributed by atoms with E-state index >= 15 is 8.78 Å². The smallest absolute Gasteiger partial charge is 0.330 e. The summed E-state index contributed by atoms with van der Waals surface area (Å²) in [5, 5.41) is 3.47. The van der Waals surface area contributed by atoms with Gasteiger partial charge in [-0.25, -0.2) is 18.6 Å². The van der Waals surface area contributed by atoms with Gasteiger partial charge in [0.2, 0.25) is 5.95 Å². The first-order valence-electron chi connectivity index (χ1n) is 13.9. The predicted octanol–water partition coefficient (Wildman–Crippen LogP) is 5.34. The van der Waals surface area contributed by atoms with Crippen molar-refractivity contribution in [2.45, 2.75) is 83.0 Å². The Morgan fingerprint density at radius 3 is 2.41 bits per heavy atom. The number of benzene rings is 1. The summed E-state index contributed by atoms with van der Waals surface area (Å²) in [6.07, 6.45) is 9.43. The number of rotatable bonds is 8. The molecule has 0 radical (unpaired) electrons. The average Bonchev–Trinajstić information content (AvgIpc) is 3.45. The third-order valence-electron chi connectivity index (χ3n) is 8.19. The fraction of sp³-hybridized carbons (Fsp3) is 0.607. The van der Waals surface area contributed by atoms with E-state index in [0.717, 1.165) is 56.3 Å². The maximum atomic E-state index is 15.6. The van der Waals surface area contributed by atoms with Gasteiger partial charge in [0.15, 0.2) is 23.1 Å². The van der Waals surface area contributed by atoms with Crippen molar-refractivity contribution >= 4 is 23.5 Å². The summed E-state index contributed by atoms with van der Waals surface area (Å²) in [7, 11) is 5.52. The highest BCUT2D eigenvalue weighted by atomic mass is 19.1. The number of ether oxygens (including phenoxy) is 2. The minimum atomic E-state index is -0.950. The van der Waals surface area contributed by atoms with Gasteiger partial charge in [0, 0.05) is 36.0 Å². The Hall–Kier alpha value is -3.21. The molecule has 3 aliphatic rings. The summed E-state index contributed by atoms with van der Waals surface area (Å²) in [6.45, 7) is 1.81. The second-order valence-corrected chi connectivity index (χ2v) is 10.8. The number of methoxy groups -OCH3 is 1. The zero-order chi connectivity index (χ0) is 27.7. The second-order valence-electron chi connectivity index (χ2n) is 10.8. The second kappa shape index (κ2) is 11.5. The van der Waals surface area contributed by atoms with E-state index in [1.54, 1.807) is 18.0 Å². The lowest BCUT2D eigenvalue weighted by atomic mass is 9.91. The van der Waals surface area contributed by atoms with Gasteiger partial charge in [-0.3, -0.25) is 9.80 Å². The molecule has 11 heteroatoms. The Labute approximate surface area is 228 Å². The molecule has 0 atom stereocenters. The standard InChI is InChI=1S/C28H38F2N6O3/c1-5-39-22-14-21(38-4)23(29)25(24(22)30)35-16-17-15-31-27(32-18-10-12-19(13-11-18)34(2)3)33-26(17)36(28(35)37)20-8-6-7-9-20/h14-15,18-20H,5-13,16H2,1-4H3,(H,31,32,33). The van der Waals surface area contributed by atoms with Crippen LogP contribution in [0.15, 0.2) is 12.3 Å². The van der Waals surface area contributed by atoms with Crippen LogP contribution in [0.3, 0.4) is 0 Å². The van der Waals surface area contributed by atoms with Gasteiger partial charge in [-0.1, -0.05) is 12.8 Å². The quantitative estimate of drug-likeness (QED) is 0.481. The number of hydrogen-bond acceptors (Lipinski definition) is 7.